The van der Waals surface area contributed by atoms with E-state index in [1.54, 1.807) is 23.7 Å². The minimum absolute atomic E-state index is 0.109. The Balaban J connectivity index is 1.96. The number of thiophene rings is 1. The average Bonchev–Trinajstić information content (AvgIpc) is 3.20. The number of rotatable bonds is 5. The van der Waals surface area contributed by atoms with E-state index in [0.717, 1.165) is 29.1 Å². The van der Waals surface area contributed by atoms with E-state index in [1.807, 2.05) is 12.1 Å². The van der Waals surface area contributed by atoms with Crippen molar-refractivity contribution in [1.29, 1.82) is 0 Å². The van der Waals surface area contributed by atoms with Crippen molar-refractivity contribution in [3.8, 4) is 11.4 Å². The van der Waals surface area contributed by atoms with E-state index in [2.05, 4.69) is 23.7 Å². The fourth-order valence-corrected chi connectivity index (χ4v) is 4.78. The van der Waals surface area contributed by atoms with Crippen molar-refractivity contribution >= 4 is 27.4 Å². The summed E-state index contributed by atoms with van der Waals surface area (Å²) >= 11 is 1.80. The normalized spacial score (nSPS) is 13.6. The second-order valence-electron chi connectivity index (χ2n) is 6.66. The molecule has 0 radical (unpaired) electrons. The maximum Gasteiger partial charge on any atom is 0.164 e. The topological polar surface area (TPSA) is 62.1 Å². The van der Waals surface area contributed by atoms with Gasteiger partial charge in [-0.05, 0) is 50.8 Å². The average molecular weight is 354 g/mol. The number of pyridine rings is 1. The molecule has 0 aromatic carbocycles. The van der Waals surface area contributed by atoms with Gasteiger partial charge >= 0.3 is 0 Å². The summed E-state index contributed by atoms with van der Waals surface area (Å²) < 4.78 is 0. The zero-order valence-electron chi connectivity index (χ0n) is 14.6. The van der Waals surface area contributed by atoms with Gasteiger partial charge in [-0.1, -0.05) is 0 Å². The molecule has 25 heavy (non-hydrogen) atoms. The number of aliphatic hydroxyl groups is 1. The number of anilines is 1. The minimum Gasteiger partial charge on any atom is -0.395 e. The summed E-state index contributed by atoms with van der Waals surface area (Å²) in [5.74, 6) is 1.66. The Morgan fingerprint density at radius 2 is 2.16 bits per heavy atom. The smallest absolute Gasteiger partial charge is 0.164 e. The monoisotopic (exact) mass is 354 g/mol. The first-order valence-corrected chi connectivity index (χ1v) is 9.61. The first-order chi connectivity index (χ1) is 12.2. The Morgan fingerprint density at radius 3 is 2.88 bits per heavy atom. The van der Waals surface area contributed by atoms with Gasteiger partial charge in [-0.3, -0.25) is 4.98 Å². The summed E-state index contributed by atoms with van der Waals surface area (Å²) in [6.45, 7) is 4.96. The maximum absolute atomic E-state index is 9.56. The van der Waals surface area contributed by atoms with Crippen LogP contribution in [0.5, 0.6) is 0 Å². The zero-order chi connectivity index (χ0) is 17.4. The molecule has 6 heteroatoms. The third kappa shape index (κ3) is 2.89. The lowest BCUT2D eigenvalue weighted by molar-refractivity contribution is 0.299. The molecule has 0 amide bonds. The second-order valence-corrected chi connectivity index (χ2v) is 7.74. The number of hydrogen-bond donors (Lipinski definition) is 1. The van der Waals surface area contributed by atoms with Crippen LogP contribution in [0.1, 0.15) is 30.7 Å². The Bertz CT molecular complexity index is 891. The predicted molar refractivity (Wildman–Crippen MR) is 102 cm³/mol. The van der Waals surface area contributed by atoms with Gasteiger partial charge in [-0.25, -0.2) is 9.97 Å². The molecule has 1 aliphatic rings. The Morgan fingerprint density at radius 1 is 1.28 bits per heavy atom. The van der Waals surface area contributed by atoms with Crippen LogP contribution in [0.4, 0.5) is 5.82 Å². The fraction of sp³-hybridized carbons (Fsp3) is 0.421. The van der Waals surface area contributed by atoms with Crippen molar-refractivity contribution in [3.05, 3.63) is 35.0 Å². The standard InChI is InChI=1S/C19H22N4OS/c1-12(2)23(9-10-24)18-16-14-6-3-7-15(14)25-19(16)22-17(21-18)13-5-4-8-20-11-13/h4-5,8,11-12,24H,3,6-7,9-10H2,1-2H3. The van der Waals surface area contributed by atoms with Crippen LogP contribution < -0.4 is 4.90 Å². The molecule has 0 atom stereocenters. The molecule has 0 saturated carbocycles. The lowest BCUT2D eigenvalue weighted by atomic mass is 10.1. The molecule has 0 saturated heterocycles. The van der Waals surface area contributed by atoms with Gasteiger partial charge in [0.2, 0.25) is 0 Å². The fourth-order valence-electron chi connectivity index (χ4n) is 3.52. The van der Waals surface area contributed by atoms with Gasteiger partial charge in [0.15, 0.2) is 5.82 Å². The maximum atomic E-state index is 9.56. The van der Waals surface area contributed by atoms with E-state index in [-0.39, 0.29) is 12.6 Å². The highest BCUT2D eigenvalue weighted by Gasteiger charge is 2.26. The molecule has 3 aromatic rings. The quantitative estimate of drug-likeness (QED) is 0.760. The van der Waals surface area contributed by atoms with Crippen LogP contribution in [0.15, 0.2) is 24.5 Å². The van der Waals surface area contributed by atoms with Crippen LogP contribution in [0.25, 0.3) is 21.6 Å². The number of fused-ring (bicyclic) bond motifs is 3. The molecule has 0 fully saturated rings. The van der Waals surface area contributed by atoms with Crippen molar-refractivity contribution < 1.29 is 5.11 Å². The van der Waals surface area contributed by atoms with Crippen molar-refractivity contribution in [2.75, 3.05) is 18.1 Å². The molecule has 3 heterocycles. The molecule has 130 valence electrons. The van der Waals surface area contributed by atoms with Gasteiger partial charge in [-0.15, -0.1) is 11.3 Å². The van der Waals surface area contributed by atoms with E-state index in [0.29, 0.717) is 12.4 Å². The Hall–Kier alpha value is -2.05. The molecule has 0 spiro atoms. The van der Waals surface area contributed by atoms with E-state index in [1.165, 1.54) is 22.2 Å². The van der Waals surface area contributed by atoms with Gasteiger partial charge in [0.1, 0.15) is 10.6 Å². The van der Waals surface area contributed by atoms with Gasteiger partial charge in [0.05, 0.1) is 12.0 Å². The van der Waals surface area contributed by atoms with Crippen LogP contribution in [-0.2, 0) is 12.8 Å². The van der Waals surface area contributed by atoms with Crippen molar-refractivity contribution in [2.45, 2.75) is 39.2 Å². The van der Waals surface area contributed by atoms with E-state index >= 15 is 0 Å². The van der Waals surface area contributed by atoms with E-state index < -0.39 is 0 Å². The molecule has 0 unspecified atom stereocenters. The summed E-state index contributed by atoms with van der Waals surface area (Å²) in [7, 11) is 0. The van der Waals surface area contributed by atoms with Gasteiger partial charge in [-0.2, -0.15) is 0 Å². The minimum atomic E-state index is 0.109. The molecule has 0 bridgehead atoms. The lowest BCUT2D eigenvalue weighted by Gasteiger charge is -2.28. The molecular weight excluding hydrogens is 332 g/mol. The highest BCUT2D eigenvalue weighted by Crippen LogP contribution is 2.41. The molecule has 3 aromatic heterocycles. The third-order valence-corrected chi connectivity index (χ3v) is 5.89. The van der Waals surface area contributed by atoms with Gasteiger partial charge < -0.3 is 10.0 Å². The summed E-state index contributed by atoms with van der Waals surface area (Å²) in [6.07, 6.45) is 7.01. The summed E-state index contributed by atoms with van der Waals surface area (Å²) in [5.41, 5.74) is 2.34. The molecule has 5 nitrogen and oxygen atoms in total. The van der Waals surface area contributed by atoms with Gasteiger partial charge in [0.25, 0.3) is 0 Å². The van der Waals surface area contributed by atoms with E-state index in [9.17, 15) is 5.11 Å². The third-order valence-electron chi connectivity index (χ3n) is 4.70. The van der Waals surface area contributed by atoms with Crippen LogP contribution >= 0.6 is 11.3 Å². The zero-order valence-corrected chi connectivity index (χ0v) is 15.4. The van der Waals surface area contributed by atoms with Crippen LogP contribution in [0, 0.1) is 0 Å². The second kappa shape index (κ2) is 6.69. The number of nitrogens with zero attached hydrogens (tertiary/aromatic N) is 4. The number of aromatic nitrogens is 3. The lowest BCUT2D eigenvalue weighted by Crippen LogP contribution is -2.34. The van der Waals surface area contributed by atoms with Crippen molar-refractivity contribution in [3.63, 3.8) is 0 Å². The van der Waals surface area contributed by atoms with Gasteiger partial charge in [0, 0.05) is 35.4 Å². The highest BCUT2D eigenvalue weighted by molar-refractivity contribution is 7.19. The van der Waals surface area contributed by atoms with Crippen LogP contribution in [0.2, 0.25) is 0 Å². The molecule has 1 aliphatic carbocycles. The van der Waals surface area contributed by atoms with Crippen LogP contribution in [-0.4, -0.2) is 39.3 Å². The Labute approximate surface area is 151 Å². The number of hydrogen-bond acceptors (Lipinski definition) is 6. The largest absolute Gasteiger partial charge is 0.395 e. The molecular formula is C19H22N4OS. The molecule has 0 aliphatic heterocycles. The first kappa shape index (κ1) is 16.4. The molecule has 1 N–H and O–H groups in total. The van der Waals surface area contributed by atoms with E-state index in [4.69, 9.17) is 9.97 Å². The Kier molecular flexibility index (Phi) is 4.39. The van der Waals surface area contributed by atoms with Crippen LogP contribution in [0.3, 0.4) is 0 Å². The highest BCUT2D eigenvalue weighted by atomic mass is 32.1. The number of aliphatic hydroxyl groups excluding tert-OH is 1. The first-order valence-electron chi connectivity index (χ1n) is 8.79. The van der Waals surface area contributed by atoms with Crippen molar-refractivity contribution in [2.24, 2.45) is 0 Å². The summed E-state index contributed by atoms with van der Waals surface area (Å²) in [6, 6.07) is 4.15. The predicted octanol–water partition coefficient (Wildman–Crippen LogP) is 3.45. The summed E-state index contributed by atoms with van der Waals surface area (Å²) in [4.78, 5) is 18.7. The number of aryl methyl sites for hydroxylation is 2. The summed E-state index contributed by atoms with van der Waals surface area (Å²) in [5, 5.41) is 10.7. The van der Waals surface area contributed by atoms with Crippen molar-refractivity contribution in [1.82, 2.24) is 15.0 Å². The SMILES string of the molecule is CC(C)N(CCO)c1nc(-c2cccnc2)nc2sc3c(c12)CCC3. The molecule has 4 rings (SSSR count).